The number of alkyl halides is 3. The Labute approximate surface area is 88.2 Å². The molecule has 0 rings (SSSR count). The zero-order valence-corrected chi connectivity index (χ0v) is 8.14. The van der Waals surface area contributed by atoms with Crippen LogP contribution in [-0.2, 0) is 36.0 Å². The molecule has 0 amide bonds. The summed E-state index contributed by atoms with van der Waals surface area (Å²) in [7, 11) is -6.09. The summed E-state index contributed by atoms with van der Waals surface area (Å²) in [5, 5.41) is 14.8. The van der Waals surface area contributed by atoms with Gasteiger partial charge in [-0.3, -0.25) is 0 Å². The second kappa shape index (κ2) is 6.26. The molecule has 0 unspecified atom stereocenters. The van der Waals surface area contributed by atoms with Gasteiger partial charge in [-0.2, -0.15) is 13.2 Å². The molecule has 0 aromatic heterocycles. The van der Waals surface area contributed by atoms with Crippen LogP contribution in [0.2, 0.25) is 0 Å². The summed E-state index contributed by atoms with van der Waals surface area (Å²) in [5.74, 6) is 0. The van der Waals surface area contributed by atoms with Crippen LogP contribution >= 0.6 is 0 Å². The predicted molar refractivity (Wildman–Crippen MR) is 26.1 cm³/mol. The van der Waals surface area contributed by atoms with Gasteiger partial charge in [-0.1, -0.05) is 0 Å². The van der Waals surface area contributed by atoms with E-state index in [9.17, 15) is 13.2 Å². The summed E-state index contributed by atoms with van der Waals surface area (Å²) >= 11 is 0. The zero-order chi connectivity index (χ0) is 10.6. The van der Waals surface area contributed by atoms with Crippen LogP contribution in [0, 0.1) is 15.3 Å². The minimum Gasteiger partial charge on any atom is -0.741 e. The van der Waals surface area contributed by atoms with Gasteiger partial charge in [0.15, 0.2) is 10.1 Å². The van der Waals surface area contributed by atoms with Gasteiger partial charge >= 0.3 is 31.4 Å². The Morgan fingerprint density at radius 1 is 1.15 bits per heavy atom. The van der Waals surface area contributed by atoms with Crippen LogP contribution in [0.3, 0.4) is 0 Å². The Bertz CT molecular complexity index is 241. The maximum atomic E-state index is 10.7. The van der Waals surface area contributed by atoms with Crippen molar-refractivity contribution in [3.63, 3.8) is 0 Å². The van der Waals surface area contributed by atoms with Crippen LogP contribution < -0.4 is 0 Å². The molecule has 0 heterocycles. The molecule has 0 atom stereocenters. The molecule has 0 aliphatic rings. The first-order valence-electron chi connectivity index (χ1n) is 1.82. The van der Waals surface area contributed by atoms with Crippen molar-refractivity contribution in [2.75, 3.05) is 0 Å². The average molecular weight is 256 g/mol. The second-order valence-electron chi connectivity index (χ2n) is 1.12. The van der Waals surface area contributed by atoms with E-state index in [1.165, 1.54) is 0 Å². The first-order chi connectivity index (χ1) is 4.98. The van der Waals surface area contributed by atoms with Crippen molar-refractivity contribution in [2.24, 2.45) is 0 Å². The van der Waals surface area contributed by atoms with Gasteiger partial charge in [-0.05, 0) is 0 Å². The molecule has 0 aromatic carbocycles. The molecule has 12 heteroatoms. The summed E-state index contributed by atoms with van der Waals surface area (Å²) < 4.78 is 58.9. The van der Waals surface area contributed by atoms with Gasteiger partial charge in [0.1, 0.15) is 0 Å². The van der Waals surface area contributed by atoms with Gasteiger partial charge in [0.25, 0.3) is 0 Å². The molecule has 0 N–H and O–H groups in total. The molecule has 13 heavy (non-hydrogen) atoms. The second-order valence-corrected chi connectivity index (χ2v) is 2.49. The molecule has 0 aliphatic carbocycles. The SMILES string of the molecule is O=S(=O)([O-])C(F)(F)F.O=[N+]([O-])[O-].[Sc+2]. The number of hydrogen-bond donors (Lipinski definition) is 0. The van der Waals surface area contributed by atoms with Crippen molar-refractivity contribution >= 4 is 10.1 Å². The summed E-state index contributed by atoms with van der Waals surface area (Å²) in [4.78, 5) is 8.25. The van der Waals surface area contributed by atoms with E-state index >= 15 is 0 Å². The molecular formula is CF3NO6SSc. The topological polar surface area (TPSA) is 123 Å². The van der Waals surface area contributed by atoms with Gasteiger partial charge in [-0.15, -0.1) is 0 Å². The van der Waals surface area contributed by atoms with Gasteiger partial charge in [0, 0.05) is 0 Å². The van der Waals surface area contributed by atoms with E-state index < -0.39 is 20.7 Å². The van der Waals surface area contributed by atoms with Crippen molar-refractivity contribution in [3.05, 3.63) is 15.3 Å². The van der Waals surface area contributed by atoms with E-state index in [1.807, 2.05) is 0 Å². The molecule has 0 aliphatic heterocycles. The van der Waals surface area contributed by atoms with Crippen LogP contribution in [0.1, 0.15) is 0 Å². The molecule has 0 fully saturated rings. The van der Waals surface area contributed by atoms with Gasteiger partial charge in [0.05, 0.1) is 5.09 Å². The maximum absolute atomic E-state index is 10.7. The summed E-state index contributed by atoms with van der Waals surface area (Å²) in [6, 6.07) is 0. The van der Waals surface area contributed by atoms with E-state index in [-0.39, 0.29) is 25.8 Å². The molecule has 0 bridgehead atoms. The van der Waals surface area contributed by atoms with E-state index in [2.05, 4.69) is 0 Å². The van der Waals surface area contributed by atoms with Crippen molar-refractivity contribution in [3.8, 4) is 0 Å². The Hall–Kier alpha value is -0.230. The summed E-state index contributed by atoms with van der Waals surface area (Å²) in [5.41, 5.74) is -5.65. The Balaban J connectivity index is -0.000000173. The standard InChI is InChI=1S/CHF3O3S.NO3.Sc/c2-1(3,4)8(5,6)7;2-1(3)4;/h(H,5,6,7);;/q;-1;+2/p-1. The number of halogens is 3. The van der Waals surface area contributed by atoms with Crippen LogP contribution in [0.25, 0.3) is 0 Å². The molecule has 1 radical (unpaired) electrons. The number of nitrogens with zero attached hydrogens (tertiary/aromatic N) is 1. The van der Waals surface area contributed by atoms with Crippen LogP contribution in [0.5, 0.6) is 0 Å². The van der Waals surface area contributed by atoms with Crippen molar-refractivity contribution in [2.45, 2.75) is 5.51 Å². The zero-order valence-electron chi connectivity index (χ0n) is 5.52. The first kappa shape index (κ1) is 18.5. The Morgan fingerprint density at radius 2 is 1.23 bits per heavy atom. The normalized spacial score (nSPS) is 10.5. The van der Waals surface area contributed by atoms with E-state index in [0.717, 1.165) is 0 Å². The summed E-state index contributed by atoms with van der Waals surface area (Å²) in [6.45, 7) is 0. The average Bonchev–Trinajstić information content (AvgIpc) is 1.55. The summed E-state index contributed by atoms with van der Waals surface area (Å²) in [6.07, 6.45) is 0. The Kier molecular flexibility index (Phi) is 8.92. The minimum absolute atomic E-state index is 0. The smallest absolute Gasteiger partial charge is 0.741 e. The fourth-order valence-electron chi connectivity index (χ4n) is 0. The van der Waals surface area contributed by atoms with Crippen LogP contribution in [0.4, 0.5) is 13.2 Å². The van der Waals surface area contributed by atoms with Crippen molar-refractivity contribution in [1.29, 1.82) is 0 Å². The molecule has 75 valence electrons. The van der Waals surface area contributed by atoms with Gasteiger partial charge < -0.3 is 19.9 Å². The molecular weight excluding hydrogens is 256 g/mol. The van der Waals surface area contributed by atoms with Gasteiger partial charge in [-0.25, -0.2) is 8.42 Å². The van der Waals surface area contributed by atoms with Gasteiger partial charge in [0.2, 0.25) is 0 Å². The van der Waals surface area contributed by atoms with E-state index in [0.29, 0.717) is 0 Å². The quantitative estimate of drug-likeness (QED) is 0.256. The molecule has 0 spiro atoms. The van der Waals surface area contributed by atoms with E-state index in [4.69, 9.17) is 28.3 Å². The Morgan fingerprint density at radius 3 is 1.23 bits per heavy atom. The third kappa shape index (κ3) is 14.6. The third-order valence-electron chi connectivity index (χ3n) is 0.283. The van der Waals surface area contributed by atoms with Crippen LogP contribution in [-0.4, -0.2) is 23.6 Å². The van der Waals surface area contributed by atoms with Crippen LogP contribution in [0.15, 0.2) is 0 Å². The first-order valence-corrected chi connectivity index (χ1v) is 3.23. The predicted octanol–water partition coefficient (Wildman–Crippen LogP) is -0.190. The monoisotopic (exact) mass is 256 g/mol. The number of rotatable bonds is 0. The van der Waals surface area contributed by atoms with Crippen molar-refractivity contribution < 1.29 is 57.1 Å². The molecule has 7 nitrogen and oxygen atoms in total. The molecule has 0 aromatic rings. The van der Waals surface area contributed by atoms with Crippen molar-refractivity contribution in [1.82, 2.24) is 0 Å². The number of hydrogen-bond acceptors (Lipinski definition) is 6. The van der Waals surface area contributed by atoms with E-state index in [1.54, 1.807) is 0 Å². The molecule has 0 saturated carbocycles. The minimum atomic E-state index is -6.09. The fourth-order valence-corrected chi connectivity index (χ4v) is 0. The third-order valence-corrected chi connectivity index (χ3v) is 0.850. The fraction of sp³-hybridized carbons (Fsp3) is 1.00. The molecule has 0 saturated heterocycles. The maximum Gasteiger partial charge on any atom is 2.00 e. The largest absolute Gasteiger partial charge is 2.00 e.